The number of aliphatic hydroxyl groups excluding tert-OH is 1. The second-order valence-electron chi connectivity index (χ2n) is 11.8. The minimum Gasteiger partial charge on any atom is -0.458 e. The van der Waals surface area contributed by atoms with Crippen molar-refractivity contribution < 1.29 is 19.4 Å². The molecule has 4 unspecified atom stereocenters. The molecule has 1 saturated heterocycles. The third-order valence-electron chi connectivity index (χ3n) is 11.2. The molecule has 6 fully saturated rings. The van der Waals surface area contributed by atoms with Crippen molar-refractivity contribution in [2.24, 2.45) is 52.3 Å². The molecule has 29 heavy (non-hydrogen) atoms. The second kappa shape index (κ2) is 5.00. The highest BCUT2D eigenvalue weighted by Crippen LogP contribution is 2.82. The molecular weight excluding hydrogens is 364 g/mol. The van der Waals surface area contributed by atoms with Gasteiger partial charge < -0.3 is 9.84 Å². The van der Waals surface area contributed by atoms with Crippen molar-refractivity contribution >= 4 is 11.8 Å². The number of allylic oxidation sites excluding steroid dienone is 1. The zero-order valence-electron chi connectivity index (χ0n) is 17.5. The summed E-state index contributed by atoms with van der Waals surface area (Å²) in [5, 5.41) is 11.7. The summed E-state index contributed by atoms with van der Waals surface area (Å²) in [6, 6.07) is 0. The fourth-order valence-electron chi connectivity index (χ4n) is 10.2. The Bertz CT molecular complexity index is 876. The Labute approximate surface area is 172 Å². The maximum atomic E-state index is 12.3. The third kappa shape index (κ3) is 1.77. The van der Waals surface area contributed by atoms with Crippen LogP contribution in [-0.4, -0.2) is 28.6 Å². The molecule has 0 aromatic heterocycles. The molecule has 1 aliphatic heterocycles. The van der Waals surface area contributed by atoms with E-state index in [0.717, 1.165) is 25.7 Å². The van der Waals surface area contributed by atoms with Gasteiger partial charge in [-0.25, -0.2) is 0 Å². The highest BCUT2D eigenvalue weighted by Gasteiger charge is 2.82. The molecule has 6 aliphatic carbocycles. The lowest BCUT2D eigenvalue weighted by molar-refractivity contribution is -0.199. The second-order valence-corrected chi connectivity index (χ2v) is 11.8. The van der Waals surface area contributed by atoms with Crippen LogP contribution in [0.15, 0.2) is 11.6 Å². The van der Waals surface area contributed by atoms with E-state index in [1.54, 1.807) is 0 Å². The Kier molecular flexibility index (Phi) is 3.02. The van der Waals surface area contributed by atoms with Crippen LogP contribution in [0.5, 0.6) is 0 Å². The van der Waals surface area contributed by atoms with Crippen molar-refractivity contribution in [1.29, 1.82) is 0 Å². The van der Waals surface area contributed by atoms with Crippen molar-refractivity contribution in [2.75, 3.05) is 0 Å². The Morgan fingerprint density at radius 1 is 1.14 bits per heavy atom. The maximum absolute atomic E-state index is 12.3. The zero-order valence-corrected chi connectivity index (χ0v) is 17.5. The number of carbonyl (C=O) groups excluding carboxylic acids is 2. The molecule has 7 aliphatic rings. The fraction of sp³-hybridized carbons (Fsp3) is 0.840. The lowest BCUT2D eigenvalue weighted by atomic mass is 9.43. The SMILES string of the molecule is CC[C@]12CCC(=O)C=C1[C@@H]1C[C@@H]1C1C3[C@@H]4C[C@@H]4[C@@]4(CCC(=O)O4)C3(C)C[C@@H](O)C12. The van der Waals surface area contributed by atoms with Gasteiger partial charge in [-0.3, -0.25) is 9.59 Å². The summed E-state index contributed by atoms with van der Waals surface area (Å²) in [6.45, 7) is 4.63. The van der Waals surface area contributed by atoms with Crippen molar-refractivity contribution in [1.82, 2.24) is 0 Å². The van der Waals surface area contributed by atoms with E-state index in [1.807, 2.05) is 6.08 Å². The number of esters is 1. The Morgan fingerprint density at radius 3 is 2.69 bits per heavy atom. The first-order chi connectivity index (χ1) is 13.9. The monoisotopic (exact) mass is 396 g/mol. The lowest BCUT2D eigenvalue weighted by Gasteiger charge is -2.62. The average Bonchev–Trinajstić information content (AvgIpc) is 3.58. The Hall–Kier alpha value is -1.16. The van der Waals surface area contributed by atoms with E-state index < -0.39 is 0 Å². The van der Waals surface area contributed by atoms with Crippen LogP contribution in [0, 0.1) is 52.3 Å². The molecule has 0 aromatic rings. The first-order valence-electron chi connectivity index (χ1n) is 12.0. The van der Waals surface area contributed by atoms with Crippen LogP contribution >= 0.6 is 0 Å². The molecule has 156 valence electrons. The van der Waals surface area contributed by atoms with Crippen LogP contribution in [0.2, 0.25) is 0 Å². The van der Waals surface area contributed by atoms with Crippen LogP contribution in [0.4, 0.5) is 0 Å². The summed E-state index contributed by atoms with van der Waals surface area (Å²) >= 11 is 0. The largest absolute Gasteiger partial charge is 0.458 e. The molecule has 1 heterocycles. The molecule has 4 nitrogen and oxygen atoms in total. The smallest absolute Gasteiger partial charge is 0.306 e. The van der Waals surface area contributed by atoms with Gasteiger partial charge in [0, 0.05) is 24.2 Å². The molecule has 7 rings (SSSR count). The highest BCUT2D eigenvalue weighted by molar-refractivity contribution is 5.92. The van der Waals surface area contributed by atoms with E-state index >= 15 is 0 Å². The van der Waals surface area contributed by atoms with Gasteiger partial charge in [-0.15, -0.1) is 0 Å². The standard InChI is InChI=1S/C25H32O4/c1-3-24-6-4-12(26)8-16(24)13-9-14(13)20-21-15-10-17(15)25(7-5-19(28)29-25)23(21,2)11-18(27)22(20)24/h8,13-15,17-18,20-22,27H,3-7,9-11H2,1-2H3/t13-,14+,15-,17+,18-,20?,21?,22?,23?,24+,25+/m1/s1. The molecular formula is C25H32O4. The van der Waals surface area contributed by atoms with Crippen molar-refractivity contribution in [2.45, 2.75) is 76.9 Å². The third-order valence-corrected chi connectivity index (χ3v) is 11.2. The number of ketones is 1. The first kappa shape index (κ1) is 17.5. The minimum absolute atomic E-state index is 0.0173. The number of hydrogen-bond donors (Lipinski definition) is 1. The van der Waals surface area contributed by atoms with E-state index in [2.05, 4.69) is 13.8 Å². The summed E-state index contributed by atoms with van der Waals surface area (Å²) in [5.41, 5.74) is 1.02. The van der Waals surface area contributed by atoms with Crippen molar-refractivity contribution in [3.63, 3.8) is 0 Å². The van der Waals surface area contributed by atoms with E-state index in [1.165, 1.54) is 18.4 Å². The zero-order chi connectivity index (χ0) is 19.9. The van der Waals surface area contributed by atoms with Crippen LogP contribution < -0.4 is 0 Å². The molecule has 11 atom stereocenters. The quantitative estimate of drug-likeness (QED) is 0.687. The summed E-state index contributed by atoms with van der Waals surface area (Å²) in [4.78, 5) is 24.5. The number of fused-ring (bicyclic) bond motifs is 12. The molecule has 0 radical (unpaired) electrons. The van der Waals surface area contributed by atoms with Crippen LogP contribution in [0.1, 0.15) is 65.2 Å². The topological polar surface area (TPSA) is 63.6 Å². The van der Waals surface area contributed by atoms with Crippen LogP contribution in [-0.2, 0) is 14.3 Å². The van der Waals surface area contributed by atoms with Crippen molar-refractivity contribution in [3.8, 4) is 0 Å². The summed E-state index contributed by atoms with van der Waals surface area (Å²) in [7, 11) is 0. The normalized spacial score (nSPS) is 61.1. The minimum atomic E-state index is -0.354. The van der Waals surface area contributed by atoms with E-state index in [-0.39, 0.29) is 34.4 Å². The number of ether oxygens (including phenoxy) is 1. The van der Waals surface area contributed by atoms with Gasteiger partial charge >= 0.3 is 5.97 Å². The van der Waals surface area contributed by atoms with Gasteiger partial charge in [-0.05, 0) is 85.5 Å². The Balaban J connectivity index is 1.37. The maximum Gasteiger partial charge on any atom is 0.306 e. The predicted molar refractivity (Wildman–Crippen MR) is 105 cm³/mol. The van der Waals surface area contributed by atoms with E-state index in [9.17, 15) is 14.7 Å². The number of hydrogen-bond acceptors (Lipinski definition) is 4. The summed E-state index contributed by atoms with van der Waals surface area (Å²) in [5.74, 6) is 4.05. The number of rotatable bonds is 1. The molecule has 1 N–H and O–H groups in total. The molecule has 4 heteroatoms. The van der Waals surface area contributed by atoms with E-state index in [0.29, 0.717) is 54.1 Å². The molecule has 0 aromatic carbocycles. The van der Waals surface area contributed by atoms with Gasteiger partial charge in [0.25, 0.3) is 0 Å². The van der Waals surface area contributed by atoms with Gasteiger partial charge in [0.15, 0.2) is 5.78 Å². The van der Waals surface area contributed by atoms with Gasteiger partial charge in [-0.1, -0.05) is 19.4 Å². The fourth-order valence-corrected chi connectivity index (χ4v) is 10.2. The average molecular weight is 397 g/mol. The number of carbonyl (C=O) groups is 2. The van der Waals surface area contributed by atoms with Crippen LogP contribution in [0.25, 0.3) is 0 Å². The molecule has 5 saturated carbocycles. The molecule has 0 amide bonds. The van der Waals surface area contributed by atoms with E-state index in [4.69, 9.17) is 4.74 Å². The van der Waals surface area contributed by atoms with Gasteiger partial charge in [0.1, 0.15) is 5.60 Å². The highest BCUT2D eigenvalue weighted by atomic mass is 16.6. The van der Waals surface area contributed by atoms with Gasteiger partial charge in [0.2, 0.25) is 0 Å². The first-order valence-corrected chi connectivity index (χ1v) is 12.0. The summed E-state index contributed by atoms with van der Waals surface area (Å²) < 4.78 is 6.18. The summed E-state index contributed by atoms with van der Waals surface area (Å²) in [6.07, 6.45) is 8.82. The van der Waals surface area contributed by atoms with Crippen molar-refractivity contribution in [3.05, 3.63) is 11.6 Å². The van der Waals surface area contributed by atoms with Crippen LogP contribution in [0.3, 0.4) is 0 Å². The lowest BCUT2D eigenvalue weighted by Crippen LogP contribution is -2.62. The molecule has 1 spiro atoms. The van der Waals surface area contributed by atoms with Gasteiger partial charge in [-0.2, -0.15) is 0 Å². The molecule has 0 bridgehead atoms. The predicted octanol–water partition coefficient (Wildman–Crippen LogP) is 3.67. The van der Waals surface area contributed by atoms with Gasteiger partial charge in [0.05, 0.1) is 6.10 Å². The Morgan fingerprint density at radius 2 is 1.97 bits per heavy atom. The number of aliphatic hydroxyl groups is 1.